The number of ether oxygens (including phenoxy) is 2. The van der Waals surface area contributed by atoms with Crippen LogP contribution in [0.15, 0.2) is 48.5 Å². The van der Waals surface area contributed by atoms with E-state index in [-0.39, 0.29) is 17.3 Å². The Labute approximate surface area is 176 Å². The lowest BCUT2D eigenvalue weighted by Gasteiger charge is -2.20. The summed E-state index contributed by atoms with van der Waals surface area (Å²) < 4.78 is 24.8. The summed E-state index contributed by atoms with van der Waals surface area (Å²) in [4.78, 5) is 24.2. The molecule has 0 fully saturated rings. The molecule has 0 saturated heterocycles. The van der Waals surface area contributed by atoms with E-state index in [1.807, 2.05) is 0 Å². The molecular formula is C21H20FN3O6. The predicted molar refractivity (Wildman–Crippen MR) is 107 cm³/mol. The first-order valence-electron chi connectivity index (χ1n) is 9.12. The van der Waals surface area contributed by atoms with Crippen LogP contribution in [0.2, 0.25) is 0 Å². The monoisotopic (exact) mass is 429 g/mol. The number of methoxy groups -OCH3 is 2. The molecule has 10 heteroatoms. The fourth-order valence-electron chi connectivity index (χ4n) is 3.09. The van der Waals surface area contributed by atoms with Crippen molar-refractivity contribution in [3.8, 4) is 23.1 Å². The van der Waals surface area contributed by atoms with Crippen LogP contribution >= 0.6 is 0 Å². The Hall–Kier alpha value is -4.08. The number of amides is 1. The van der Waals surface area contributed by atoms with Crippen LogP contribution in [0.5, 0.6) is 17.4 Å². The van der Waals surface area contributed by atoms with Crippen molar-refractivity contribution in [2.75, 3.05) is 14.2 Å². The van der Waals surface area contributed by atoms with Crippen LogP contribution in [0.25, 0.3) is 5.69 Å². The predicted octanol–water partition coefficient (Wildman–Crippen LogP) is 2.68. The third-order valence-corrected chi connectivity index (χ3v) is 4.49. The van der Waals surface area contributed by atoms with Gasteiger partial charge < -0.3 is 25.0 Å². The zero-order valence-electron chi connectivity index (χ0n) is 16.7. The van der Waals surface area contributed by atoms with E-state index >= 15 is 0 Å². The maximum Gasteiger partial charge on any atom is 0.305 e. The minimum absolute atomic E-state index is 0.154. The number of nitrogens with zero attached hydrogens (tertiary/aromatic N) is 2. The Morgan fingerprint density at radius 3 is 2.48 bits per heavy atom. The normalized spacial score (nSPS) is 11.6. The number of carbonyl (C=O) groups excluding carboxylic acids is 1. The van der Waals surface area contributed by atoms with Gasteiger partial charge in [-0.25, -0.2) is 9.07 Å². The van der Waals surface area contributed by atoms with Crippen molar-refractivity contribution < 1.29 is 33.7 Å². The number of carboxylic acids is 1. The van der Waals surface area contributed by atoms with E-state index < -0.39 is 30.2 Å². The topological polar surface area (TPSA) is 123 Å². The van der Waals surface area contributed by atoms with Crippen molar-refractivity contribution in [3.63, 3.8) is 0 Å². The van der Waals surface area contributed by atoms with Crippen LogP contribution in [0.1, 0.15) is 28.5 Å². The first-order valence-corrected chi connectivity index (χ1v) is 9.12. The third kappa shape index (κ3) is 4.74. The van der Waals surface area contributed by atoms with Gasteiger partial charge in [0.25, 0.3) is 5.91 Å². The molecule has 3 aromatic rings. The highest BCUT2D eigenvalue weighted by molar-refractivity contribution is 5.93. The van der Waals surface area contributed by atoms with Gasteiger partial charge in [-0.1, -0.05) is 12.1 Å². The van der Waals surface area contributed by atoms with Gasteiger partial charge in [0.05, 0.1) is 32.4 Å². The summed E-state index contributed by atoms with van der Waals surface area (Å²) in [5, 5.41) is 26.1. The molecule has 1 amide bonds. The van der Waals surface area contributed by atoms with E-state index in [4.69, 9.17) is 9.47 Å². The molecule has 3 rings (SSSR count). The van der Waals surface area contributed by atoms with Crippen LogP contribution in [0, 0.1) is 5.82 Å². The molecule has 0 aliphatic heterocycles. The summed E-state index contributed by atoms with van der Waals surface area (Å²) in [7, 11) is 2.85. The number of rotatable bonds is 8. The van der Waals surface area contributed by atoms with E-state index in [1.165, 1.54) is 38.5 Å². The molecule has 0 saturated carbocycles. The number of hydrogen-bond acceptors (Lipinski definition) is 6. The molecule has 1 atom stereocenters. The van der Waals surface area contributed by atoms with Gasteiger partial charge in [-0.05, 0) is 30.3 Å². The van der Waals surface area contributed by atoms with Crippen LogP contribution < -0.4 is 14.8 Å². The van der Waals surface area contributed by atoms with Gasteiger partial charge in [0.15, 0.2) is 17.2 Å². The molecule has 1 heterocycles. The highest BCUT2D eigenvalue weighted by Crippen LogP contribution is 2.36. The Morgan fingerprint density at radius 1 is 1.16 bits per heavy atom. The minimum atomic E-state index is -1.14. The van der Waals surface area contributed by atoms with Crippen molar-refractivity contribution in [2.45, 2.75) is 12.5 Å². The molecular weight excluding hydrogens is 409 g/mol. The van der Waals surface area contributed by atoms with Gasteiger partial charge in [0.2, 0.25) is 5.88 Å². The maximum atomic E-state index is 13.1. The smallest absolute Gasteiger partial charge is 0.305 e. The Balaban J connectivity index is 1.91. The molecule has 0 aliphatic rings. The van der Waals surface area contributed by atoms with Gasteiger partial charge >= 0.3 is 5.97 Å². The van der Waals surface area contributed by atoms with Crippen LogP contribution in [0.3, 0.4) is 0 Å². The van der Waals surface area contributed by atoms with Gasteiger partial charge in [0, 0.05) is 11.6 Å². The van der Waals surface area contributed by atoms with Crippen molar-refractivity contribution in [1.29, 1.82) is 0 Å². The lowest BCUT2D eigenvalue weighted by atomic mass is 10.0. The molecule has 2 aromatic carbocycles. The molecule has 0 spiro atoms. The average molecular weight is 429 g/mol. The molecule has 3 N–H and O–H groups in total. The largest absolute Gasteiger partial charge is 0.493 e. The summed E-state index contributed by atoms with van der Waals surface area (Å²) in [5.74, 6) is -2.00. The Kier molecular flexibility index (Phi) is 6.39. The molecule has 0 aliphatic carbocycles. The fraction of sp³-hybridized carbons (Fsp3) is 0.190. The zero-order chi connectivity index (χ0) is 22.5. The van der Waals surface area contributed by atoms with Crippen LogP contribution in [-0.4, -0.2) is 46.1 Å². The molecule has 9 nitrogen and oxygen atoms in total. The number of nitrogens with one attached hydrogen (secondary N) is 1. The SMILES string of the molecule is COc1cccc([C@H](CC(=O)O)NC(=O)c2cc(O)n(-c3ccc(F)cc3)n2)c1OC. The fourth-order valence-corrected chi connectivity index (χ4v) is 3.09. The van der Waals surface area contributed by atoms with Gasteiger partial charge in [-0.3, -0.25) is 9.59 Å². The zero-order valence-corrected chi connectivity index (χ0v) is 16.7. The number of aliphatic carboxylic acids is 1. The van der Waals surface area contributed by atoms with Crippen LogP contribution in [0.4, 0.5) is 4.39 Å². The Morgan fingerprint density at radius 2 is 1.87 bits per heavy atom. The summed E-state index contributed by atoms with van der Waals surface area (Å²) in [5.41, 5.74) is 0.591. The number of para-hydroxylation sites is 1. The number of aromatic nitrogens is 2. The van der Waals surface area contributed by atoms with Crippen molar-refractivity contribution in [2.24, 2.45) is 0 Å². The summed E-state index contributed by atoms with van der Waals surface area (Å²) >= 11 is 0. The summed E-state index contributed by atoms with van der Waals surface area (Å²) in [6, 6.07) is 10.2. The highest BCUT2D eigenvalue weighted by atomic mass is 19.1. The second-order valence-corrected chi connectivity index (χ2v) is 6.48. The van der Waals surface area contributed by atoms with E-state index in [1.54, 1.807) is 18.2 Å². The molecule has 1 aromatic heterocycles. The minimum Gasteiger partial charge on any atom is -0.493 e. The number of carbonyl (C=O) groups is 2. The Bertz CT molecular complexity index is 1100. The third-order valence-electron chi connectivity index (χ3n) is 4.49. The first-order chi connectivity index (χ1) is 14.8. The lowest BCUT2D eigenvalue weighted by Crippen LogP contribution is -2.31. The van der Waals surface area contributed by atoms with E-state index in [2.05, 4.69) is 10.4 Å². The number of benzene rings is 2. The van der Waals surface area contributed by atoms with Crippen molar-refractivity contribution >= 4 is 11.9 Å². The first kappa shape index (κ1) is 21.6. The van der Waals surface area contributed by atoms with Crippen molar-refractivity contribution in [1.82, 2.24) is 15.1 Å². The van der Waals surface area contributed by atoms with E-state index in [0.717, 1.165) is 10.7 Å². The number of halogens is 1. The van der Waals surface area contributed by atoms with Gasteiger partial charge in [-0.2, -0.15) is 5.10 Å². The van der Waals surface area contributed by atoms with Gasteiger partial charge in [0.1, 0.15) is 5.82 Å². The second-order valence-electron chi connectivity index (χ2n) is 6.48. The maximum absolute atomic E-state index is 13.1. The van der Waals surface area contributed by atoms with Gasteiger partial charge in [-0.15, -0.1) is 0 Å². The second kappa shape index (κ2) is 9.16. The molecule has 0 radical (unpaired) electrons. The van der Waals surface area contributed by atoms with Crippen LogP contribution in [-0.2, 0) is 4.79 Å². The van der Waals surface area contributed by atoms with E-state index in [9.17, 15) is 24.2 Å². The number of hydrogen-bond donors (Lipinski definition) is 3. The molecule has 31 heavy (non-hydrogen) atoms. The standard InChI is InChI=1S/C21H20FN3O6/c1-30-17-5-3-4-14(20(17)31-2)15(11-19(27)28)23-21(29)16-10-18(26)25(24-16)13-8-6-12(22)7-9-13/h3-10,15,26H,11H2,1-2H3,(H,23,29)(H,27,28)/t15-/m0/s1. The number of aromatic hydroxyl groups is 1. The molecule has 162 valence electrons. The number of carboxylic acid groups (broad SMARTS) is 1. The average Bonchev–Trinajstić information content (AvgIpc) is 3.14. The summed E-state index contributed by atoms with van der Waals surface area (Å²) in [6.45, 7) is 0. The van der Waals surface area contributed by atoms with E-state index in [0.29, 0.717) is 17.0 Å². The lowest BCUT2D eigenvalue weighted by molar-refractivity contribution is -0.137. The van der Waals surface area contributed by atoms with Crippen molar-refractivity contribution in [3.05, 3.63) is 65.6 Å². The summed E-state index contributed by atoms with van der Waals surface area (Å²) in [6.07, 6.45) is -0.431. The quantitative estimate of drug-likeness (QED) is 0.503. The molecule has 0 bridgehead atoms. The molecule has 0 unspecified atom stereocenters. The highest BCUT2D eigenvalue weighted by Gasteiger charge is 2.25.